The molecule has 0 unspecified atom stereocenters. The molecule has 0 radical (unpaired) electrons. The number of methoxy groups -OCH3 is 1. The first kappa shape index (κ1) is 18.8. The van der Waals surface area contributed by atoms with Gasteiger partial charge in [-0.1, -0.05) is 13.8 Å². The van der Waals surface area contributed by atoms with Crippen LogP contribution in [0.4, 0.5) is 0 Å². The zero-order valence-corrected chi connectivity index (χ0v) is 16.0. The Bertz CT molecular complexity index is 1010. The van der Waals surface area contributed by atoms with Crippen molar-refractivity contribution in [2.24, 2.45) is 0 Å². The third kappa shape index (κ3) is 3.24. The minimum Gasteiger partial charge on any atom is -0.464 e. The van der Waals surface area contributed by atoms with Gasteiger partial charge in [0.1, 0.15) is 0 Å². The minimum absolute atomic E-state index is 0.00983. The minimum atomic E-state index is -0.586. The van der Waals surface area contributed by atoms with Crippen molar-refractivity contribution in [2.75, 3.05) is 7.11 Å². The second-order valence-corrected chi connectivity index (χ2v) is 6.31. The van der Waals surface area contributed by atoms with E-state index >= 15 is 0 Å². The molecule has 0 saturated heterocycles. The van der Waals surface area contributed by atoms with Crippen LogP contribution in [0, 0.1) is 0 Å². The number of hydrogen-bond acceptors (Lipinski definition) is 6. The lowest BCUT2D eigenvalue weighted by Crippen LogP contribution is -2.28. The van der Waals surface area contributed by atoms with Crippen LogP contribution < -0.4 is 5.69 Å². The van der Waals surface area contributed by atoms with Crippen molar-refractivity contribution in [1.82, 2.24) is 28.9 Å². The SMILES string of the molecule is CCC(CC)n1c(=O)n(Cc2cncn2CC)c2cc(C(=O)OC)nnc21. The smallest absolute Gasteiger partial charge is 0.358 e. The molecule has 0 atom stereocenters. The maximum atomic E-state index is 13.2. The van der Waals surface area contributed by atoms with E-state index in [1.54, 1.807) is 27.7 Å². The molecule has 9 nitrogen and oxygen atoms in total. The first-order valence-corrected chi connectivity index (χ1v) is 9.11. The monoisotopic (exact) mass is 372 g/mol. The van der Waals surface area contributed by atoms with Crippen LogP contribution in [0.25, 0.3) is 11.2 Å². The number of nitrogens with zero attached hydrogens (tertiary/aromatic N) is 6. The number of hydrogen-bond donors (Lipinski definition) is 0. The van der Waals surface area contributed by atoms with Crippen molar-refractivity contribution in [1.29, 1.82) is 0 Å². The van der Waals surface area contributed by atoms with Gasteiger partial charge in [0.25, 0.3) is 0 Å². The molecule has 0 aliphatic heterocycles. The van der Waals surface area contributed by atoms with Gasteiger partial charge in [0, 0.05) is 24.8 Å². The number of fused-ring (bicyclic) bond motifs is 1. The Balaban J connectivity index is 2.24. The molecule has 3 aromatic heterocycles. The predicted octanol–water partition coefficient (Wildman–Crippen LogP) is 2.01. The van der Waals surface area contributed by atoms with Gasteiger partial charge in [0.15, 0.2) is 11.3 Å². The number of esters is 1. The molecule has 0 N–H and O–H groups in total. The Kier molecular flexibility index (Phi) is 5.38. The van der Waals surface area contributed by atoms with Gasteiger partial charge in [-0.05, 0) is 19.8 Å². The number of imidazole rings is 2. The summed E-state index contributed by atoms with van der Waals surface area (Å²) in [4.78, 5) is 29.3. The third-order valence-corrected chi connectivity index (χ3v) is 4.87. The molecule has 0 amide bonds. The van der Waals surface area contributed by atoms with E-state index in [0.29, 0.717) is 17.7 Å². The van der Waals surface area contributed by atoms with Crippen molar-refractivity contribution in [2.45, 2.75) is 52.7 Å². The van der Waals surface area contributed by atoms with Crippen LogP contribution in [0.5, 0.6) is 0 Å². The molecule has 0 aliphatic rings. The predicted molar refractivity (Wildman–Crippen MR) is 99.7 cm³/mol. The molecule has 27 heavy (non-hydrogen) atoms. The molecule has 0 aliphatic carbocycles. The largest absolute Gasteiger partial charge is 0.464 e. The zero-order chi connectivity index (χ0) is 19.6. The fourth-order valence-corrected chi connectivity index (χ4v) is 3.34. The van der Waals surface area contributed by atoms with E-state index in [1.807, 2.05) is 25.3 Å². The van der Waals surface area contributed by atoms with Gasteiger partial charge in [-0.15, -0.1) is 10.2 Å². The van der Waals surface area contributed by atoms with Crippen LogP contribution in [0.15, 0.2) is 23.4 Å². The molecule has 0 saturated carbocycles. The van der Waals surface area contributed by atoms with E-state index in [9.17, 15) is 9.59 Å². The number of aryl methyl sites for hydroxylation is 1. The number of ether oxygens (including phenoxy) is 1. The van der Waals surface area contributed by atoms with E-state index in [4.69, 9.17) is 4.74 Å². The summed E-state index contributed by atoms with van der Waals surface area (Å²) in [5.41, 5.74) is 1.85. The fourth-order valence-electron chi connectivity index (χ4n) is 3.34. The summed E-state index contributed by atoms with van der Waals surface area (Å²) in [6.45, 7) is 7.17. The lowest BCUT2D eigenvalue weighted by molar-refractivity contribution is 0.0593. The molecule has 0 spiro atoms. The number of aromatic nitrogens is 6. The molecule has 9 heteroatoms. The summed E-state index contributed by atoms with van der Waals surface area (Å²) in [7, 11) is 1.29. The average Bonchev–Trinajstić information content (AvgIpc) is 3.25. The first-order valence-electron chi connectivity index (χ1n) is 9.11. The van der Waals surface area contributed by atoms with Gasteiger partial charge in [0.05, 0.1) is 31.2 Å². The van der Waals surface area contributed by atoms with E-state index in [1.165, 1.54) is 7.11 Å². The van der Waals surface area contributed by atoms with Crippen molar-refractivity contribution in [3.05, 3.63) is 40.5 Å². The maximum absolute atomic E-state index is 13.2. The molecule has 0 bridgehead atoms. The van der Waals surface area contributed by atoms with Crippen molar-refractivity contribution in [3.63, 3.8) is 0 Å². The Morgan fingerprint density at radius 3 is 2.59 bits per heavy atom. The molecule has 3 aromatic rings. The van der Waals surface area contributed by atoms with E-state index in [0.717, 1.165) is 25.1 Å². The highest BCUT2D eigenvalue weighted by atomic mass is 16.5. The Morgan fingerprint density at radius 2 is 1.96 bits per heavy atom. The van der Waals surface area contributed by atoms with Gasteiger partial charge < -0.3 is 9.30 Å². The molecule has 144 valence electrons. The van der Waals surface area contributed by atoms with Crippen LogP contribution in [-0.2, 0) is 17.8 Å². The molecule has 0 fully saturated rings. The second kappa shape index (κ2) is 7.73. The molecule has 3 rings (SSSR count). The third-order valence-electron chi connectivity index (χ3n) is 4.87. The average molecular weight is 372 g/mol. The van der Waals surface area contributed by atoms with E-state index < -0.39 is 5.97 Å². The summed E-state index contributed by atoms with van der Waals surface area (Å²) in [6.07, 6.45) is 5.07. The highest BCUT2D eigenvalue weighted by molar-refractivity contribution is 5.90. The lowest BCUT2D eigenvalue weighted by Gasteiger charge is -2.13. The summed E-state index contributed by atoms with van der Waals surface area (Å²) < 4.78 is 10.0. The number of rotatable bonds is 7. The van der Waals surface area contributed by atoms with E-state index in [-0.39, 0.29) is 17.4 Å². The summed E-state index contributed by atoms with van der Waals surface area (Å²) in [5.74, 6) is -0.586. The van der Waals surface area contributed by atoms with Crippen LogP contribution in [-0.4, -0.2) is 42.0 Å². The van der Waals surface area contributed by atoms with Crippen molar-refractivity contribution >= 4 is 17.1 Å². The Hall–Kier alpha value is -2.97. The molecular weight excluding hydrogens is 348 g/mol. The standard InChI is InChI=1S/C18H24N6O3/c1-5-12(6-2)24-16-15(8-14(20-21-16)17(25)27-4)23(18(24)26)10-13-9-19-11-22(13)7-3/h8-9,11-12H,5-7,10H2,1-4H3. The summed E-state index contributed by atoms with van der Waals surface area (Å²) in [5, 5.41) is 8.15. The first-order chi connectivity index (χ1) is 13.0. The normalized spacial score (nSPS) is 11.4. The van der Waals surface area contributed by atoms with Crippen LogP contribution in [0.2, 0.25) is 0 Å². The van der Waals surface area contributed by atoms with Gasteiger partial charge in [-0.25, -0.2) is 14.6 Å². The Morgan fingerprint density at radius 1 is 1.22 bits per heavy atom. The lowest BCUT2D eigenvalue weighted by atomic mass is 10.2. The van der Waals surface area contributed by atoms with Gasteiger partial charge in [-0.2, -0.15) is 0 Å². The second-order valence-electron chi connectivity index (χ2n) is 6.31. The number of carbonyl (C=O) groups is 1. The summed E-state index contributed by atoms with van der Waals surface area (Å²) >= 11 is 0. The van der Waals surface area contributed by atoms with Crippen LogP contribution in [0.1, 0.15) is 55.8 Å². The van der Waals surface area contributed by atoms with Gasteiger partial charge >= 0.3 is 11.7 Å². The summed E-state index contributed by atoms with van der Waals surface area (Å²) in [6, 6.07) is 1.58. The fraction of sp³-hybridized carbons (Fsp3) is 0.500. The van der Waals surface area contributed by atoms with Crippen molar-refractivity contribution in [3.8, 4) is 0 Å². The van der Waals surface area contributed by atoms with Crippen molar-refractivity contribution < 1.29 is 9.53 Å². The van der Waals surface area contributed by atoms with Crippen LogP contribution >= 0.6 is 0 Å². The molecule has 0 aromatic carbocycles. The Labute approximate surface area is 156 Å². The highest BCUT2D eigenvalue weighted by Crippen LogP contribution is 2.21. The van der Waals surface area contributed by atoms with E-state index in [2.05, 4.69) is 15.2 Å². The van der Waals surface area contributed by atoms with Gasteiger partial charge in [0.2, 0.25) is 0 Å². The topological polar surface area (TPSA) is 96.8 Å². The molecular formula is C18H24N6O3. The highest BCUT2D eigenvalue weighted by Gasteiger charge is 2.22. The zero-order valence-electron chi connectivity index (χ0n) is 16.0. The maximum Gasteiger partial charge on any atom is 0.358 e. The quantitative estimate of drug-likeness (QED) is 0.589. The number of carbonyl (C=O) groups excluding carboxylic acids is 1. The van der Waals surface area contributed by atoms with Crippen LogP contribution in [0.3, 0.4) is 0 Å². The van der Waals surface area contributed by atoms with Gasteiger partial charge in [-0.3, -0.25) is 9.13 Å². The molecule has 3 heterocycles.